The Morgan fingerprint density at radius 2 is 1.76 bits per heavy atom. The van der Waals surface area contributed by atoms with Gasteiger partial charge >= 0.3 is 0 Å². The van der Waals surface area contributed by atoms with Gasteiger partial charge in [0.25, 0.3) is 5.91 Å². The van der Waals surface area contributed by atoms with Crippen LogP contribution in [0.2, 0.25) is 0 Å². The number of rotatable bonds is 8. The van der Waals surface area contributed by atoms with Crippen molar-refractivity contribution in [3.05, 3.63) is 65.7 Å². The molecule has 1 heterocycles. The minimum Gasteiger partial charge on any atom is -0.484 e. The summed E-state index contributed by atoms with van der Waals surface area (Å²) in [4.78, 5) is 25.9. The van der Waals surface area contributed by atoms with E-state index in [0.29, 0.717) is 17.9 Å². The molecule has 0 spiro atoms. The van der Waals surface area contributed by atoms with Gasteiger partial charge in [0.1, 0.15) is 5.75 Å². The number of likely N-dealkylation sites (tertiary alicyclic amines) is 1. The number of carbonyl (C=O) groups is 2. The standard InChI is InChI=1S/C23H29N3O3/c1-17-11-13-26(14-12-17)21(18-5-3-2-4-6-18)15-25-22(27)16-29-20-9-7-19(8-10-20)23(24)28/h2-10,17,21H,11-16H2,1H3,(H2,24,28)(H,25,27). The Kier molecular flexibility index (Phi) is 7.25. The van der Waals surface area contributed by atoms with Crippen molar-refractivity contribution in [2.24, 2.45) is 11.7 Å². The fourth-order valence-corrected chi connectivity index (χ4v) is 3.60. The fourth-order valence-electron chi connectivity index (χ4n) is 3.60. The third-order valence-electron chi connectivity index (χ3n) is 5.44. The number of nitrogens with one attached hydrogen (secondary N) is 1. The number of amides is 2. The number of piperidine rings is 1. The van der Waals surface area contributed by atoms with Gasteiger partial charge in [0, 0.05) is 12.1 Å². The van der Waals surface area contributed by atoms with Crippen LogP contribution in [0.25, 0.3) is 0 Å². The van der Waals surface area contributed by atoms with Crippen molar-refractivity contribution >= 4 is 11.8 Å². The quantitative estimate of drug-likeness (QED) is 0.720. The van der Waals surface area contributed by atoms with Crippen molar-refractivity contribution in [1.82, 2.24) is 10.2 Å². The van der Waals surface area contributed by atoms with Crippen molar-refractivity contribution < 1.29 is 14.3 Å². The van der Waals surface area contributed by atoms with Crippen LogP contribution >= 0.6 is 0 Å². The second kappa shape index (κ2) is 10.1. The Balaban J connectivity index is 1.54. The number of nitrogens with two attached hydrogens (primary N) is 1. The van der Waals surface area contributed by atoms with Crippen LogP contribution in [0.1, 0.15) is 41.7 Å². The topological polar surface area (TPSA) is 84.7 Å². The second-order valence-electron chi connectivity index (χ2n) is 7.63. The highest BCUT2D eigenvalue weighted by atomic mass is 16.5. The van der Waals surface area contributed by atoms with Crippen molar-refractivity contribution in [2.45, 2.75) is 25.8 Å². The first-order chi connectivity index (χ1) is 14.0. The molecule has 6 nitrogen and oxygen atoms in total. The number of hydrogen-bond acceptors (Lipinski definition) is 4. The van der Waals surface area contributed by atoms with E-state index in [1.165, 1.54) is 18.4 Å². The Bertz CT molecular complexity index is 800. The number of carbonyl (C=O) groups excluding carboxylic acids is 2. The zero-order valence-electron chi connectivity index (χ0n) is 16.8. The van der Waals surface area contributed by atoms with Gasteiger partial charge < -0.3 is 15.8 Å². The molecule has 6 heteroatoms. The molecule has 29 heavy (non-hydrogen) atoms. The smallest absolute Gasteiger partial charge is 0.258 e. The van der Waals surface area contributed by atoms with Crippen LogP contribution in [0.15, 0.2) is 54.6 Å². The van der Waals surface area contributed by atoms with Gasteiger partial charge in [0.05, 0.1) is 6.04 Å². The molecule has 1 fully saturated rings. The molecule has 1 aliphatic rings. The van der Waals surface area contributed by atoms with E-state index < -0.39 is 5.91 Å². The van der Waals surface area contributed by atoms with Crippen LogP contribution in [-0.4, -0.2) is 43.0 Å². The van der Waals surface area contributed by atoms with E-state index in [2.05, 4.69) is 29.3 Å². The molecule has 0 aliphatic carbocycles. The van der Waals surface area contributed by atoms with E-state index in [0.717, 1.165) is 19.0 Å². The largest absolute Gasteiger partial charge is 0.484 e. The molecular weight excluding hydrogens is 366 g/mol. The highest BCUT2D eigenvalue weighted by molar-refractivity contribution is 5.92. The Labute approximate surface area is 172 Å². The van der Waals surface area contributed by atoms with E-state index in [4.69, 9.17) is 10.5 Å². The molecule has 1 atom stereocenters. The van der Waals surface area contributed by atoms with Crippen molar-refractivity contribution in [3.63, 3.8) is 0 Å². The summed E-state index contributed by atoms with van der Waals surface area (Å²) in [6, 6.07) is 16.9. The summed E-state index contributed by atoms with van der Waals surface area (Å²) in [6.45, 7) is 4.85. The maximum Gasteiger partial charge on any atom is 0.258 e. The average molecular weight is 396 g/mol. The molecule has 0 bridgehead atoms. The lowest BCUT2D eigenvalue weighted by Gasteiger charge is -2.37. The number of hydrogen-bond donors (Lipinski definition) is 2. The molecule has 1 saturated heterocycles. The minimum absolute atomic E-state index is 0.0749. The lowest BCUT2D eigenvalue weighted by molar-refractivity contribution is -0.123. The lowest BCUT2D eigenvalue weighted by atomic mass is 9.95. The van der Waals surface area contributed by atoms with Gasteiger partial charge in [0.15, 0.2) is 6.61 Å². The molecular formula is C23H29N3O3. The average Bonchev–Trinajstić information content (AvgIpc) is 2.74. The van der Waals surface area contributed by atoms with Crippen molar-refractivity contribution in [2.75, 3.05) is 26.2 Å². The molecule has 0 aromatic heterocycles. The molecule has 2 amide bonds. The number of benzene rings is 2. The van der Waals surface area contributed by atoms with Crippen LogP contribution in [0.5, 0.6) is 5.75 Å². The van der Waals surface area contributed by atoms with Crippen LogP contribution in [0, 0.1) is 5.92 Å². The molecule has 1 aliphatic heterocycles. The first-order valence-electron chi connectivity index (χ1n) is 10.1. The fraction of sp³-hybridized carbons (Fsp3) is 0.391. The van der Waals surface area contributed by atoms with Gasteiger partial charge in [0.2, 0.25) is 5.91 Å². The summed E-state index contributed by atoms with van der Waals surface area (Å²) in [7, 11) is 0. The van der Waals surface area contributed by atoms with Gasteiger partial charge in [-0.05, 0) is 61.7 Å². The molecule has 154 valence electrons. The highest BCUT2D eigenvalue weighted by Gasteiger charge is 2.25. The monoisotopic (exact) mass is 395 g/mol. The summed E-state index contributed by atoms with van der Waals surface area (Å²) in [5, 5.41) is 3.01. The van der Waals surface area contributed by atoms with E-state index in [-0.39, 0.29) is 18.6 Å². The van der Waals surface area contributed by atoms with Crippen molar-refractivity contribution in [1.29, 1.82) is 0 Å². The summed E-state index contributed by atoms with van der Waals surface area (Å²) < 4.78 is 5.52. The third kappa shape index (κ3) is 6.06. The zero-order chi connectivity index (χ0) is 20.6. The Morgan fingerprint density at radius 1 is 1.10 bits per heavy atom. The minimum atomic E-state index is -0.492. The maximum atomic E-state index is 12.3. The summed E-state index contributed by atoms with van der Waals surface area (Å²) in [5.41, 5.74) is 6.84. The number of ether oxygens (including phenoxy) is 1. The SMILES string of the molecule is CC1CCN(C(CNC(=O)COc2ccc(C(N)=O)cc2)c2ccccc2)CC1. The zero-order valence-corrected chi connectivity index (χ0v) is 16.8. The first-order valence-corrected chi connectivity index (χ1v) is 10.1. The summed E-state index contributed by atoms with van der Waals surface area (Å²) >= 11 is 0. The summed E-state index contributed by atoms with van der Waals surface area (Å²) in [5.74, 6) is 0.616. The predicted octanol–water partition coefficient (Wildman–Crippen LogP) is 2.75. The van der Waals surface area contributed by atoms with Crippen molar-refractivity contribution in [3.8, 4) is 5.75 Å². The van der Waals surface area contributed by atoms with E-state index in [9.17, 15) is 9.59 Å². The molecule has 0 saturated carbocycles. The summed E-state index contributed by atoms with van der Waals surface area (Å²) in [6.07, 6.45) is 2.36. The van der Waals surface area contributed by atoms with E-state index in [1.807, 2.05) is 18.2 Å². The van der Waals surface area contributed by atoms with Crippen LogP contribution < -0.4 is 15.8 Å². The Hall–Kier alpha value is -2.86. The predicted molar refractivity (Wildman–Crippen MR) is 113 cm³/mol. The van der Waals surface area contributed by atoms with E-state index in [1.54, 1.807) is 24.3 Å². The number of primary amides is 1. The van der Waals surface area contributed by atoms with Crippen LogP contribution in [0.4, 0.5) is 0 Å². The van der Waals surface area contributed by atoms with E-state index >= 15 is 0 Å². The maximum absolute atomic E-state index is 12.3. The number of nitrogens with zero attached hydrogens (tertiary/aromatic N) is 1. The van der Waals surface area contributed by atoms with Gasteiger partial charge in [-0.25, -0.2) is 0 Å². The van der Waals surface area contributed by atoms with Crippen LogP contribution in [-0.2, 0) is 4.79 Å². The van der Waals surface area contributed by atoms with Crippen LogP contribution in [0.3, 0.4) is 0 Å². The van der Waals surface area contributed by atoms with Gasteiger partial charge in [-0.3, -0.25) is 14.5 Å². The van der Waals surface area contributed by atoms with Gasteiger partial charge in [-0.2, -0.15) is 0 Å². The Morgan fingerprint density at radius 3 is 2.38 bits per heavy atom. The molecule has 1 unspecified atom stereocenters. The van der Waals surface area contributed by atoms with Gasteiger partial charge in [-0.1, -0.05) is 37.3 Å². The third-order valence-corrected chi connectivity index (χ3v) is 5.44. The molecule has 0 radical (unpaired) electrons. The molecule has 3 rings (SSSR count). The lowest BCUT2D eigenvalue weighted by Crippen LogP contribution is -2.42. The normalized spacial score (nSPS) is 16.2. The second-order valence-corrected chi connectivity index (χ2v) is 7.63. The molecule has 2 aromatic carbocycles. The van der Waals surface area contributed by atoms with Gasteiger partial charge in [-0.15, -0.1) is 0 Å². The molecule has 3 N–H and O–H groups in total. The first kappa shape index (κ1) is 20.9. The molecule has 2 aromatic rings. The highest BCUT2D eigenvalue weighted by Crippen LogP contribution is 2.26.